The summed E-state index contributed by atoms with van der Waals surface area (Å²) in [5, 5.41) is 0. The zero-order chi connectivity index (χ0) is 15.4. The minimum absolute atomic E-state index is 0.249. The number of benzene rings is 1. The third-order valence-electron chi connectivity index (χ3n) is 4.63. The minimum atomic E-state index is 0.249. The fourth-order valence-corrected chi connectivity index (χ4v) is 3.56. The predicted molar refractivity (Wildman–Crippen MR) is 89.0 cm³/mol. The number of piperazine rings is 1. The highest BCUT2D eigenvalue weighted by molar-refractivity contribution is 9.10. The van der Waals surface area contributed by atoms with Gasteiger partial charge in [-0.3, -0.25) is 4.79 Å². The molecule has 1 atom stereocenters. The maximum Gasteiger partial charge on any atom is 0.227 e. The third-order valence-corrected chi connectivity index (χ3v) is 5.16. The first-order chi connectivity index (χ1) is 10.7. The molecular formula is C17H24BrN2O2+. The molecule has 3 rings (SSSR count). The van der Waals surface area contributed by atoms with Gasteiger partial charge in [-0.15, -0.1) is 0 Å². The number of amides is 1. The number of hydrogen-bond acceptors (Lipinski definition) is 2. The summed E-state index contributed by atoms with van der Waals surface area (Å²) in [5.74, 6) is 0.249. The second-order valence-corrected chi connectivity index (χ2v) is 7.19. The van der Waals surface area contributed by atoms with E-state index in [0.29, 0.717) is 12.5 Å². The van der Waals surface area contributed by atoms with Crippen molar-refractivity contribution in [3.63, 3.8) is 0 Å². The molecule has 0 saturated carbocycles. The van der Waals surface area contributed by atoms with Gasteiger partial charge in [0.2, 0.25) is 5.91 Å². The monoisotopic (exact) mass is 367 g/mol. The fraction of sp³-hybridized carbons (Fsp3) is 0.588. The lowest BCUT2D eigenvalue weighted by atomic mass is 10.1. The molecule has 2 fully saturated rings. The lowest BCUT2D eigenvalue weighted by molar-refractivity contribution is -0.906. The van der Waals surface area contributed by atoms with Gasteiger partial charge in [0.05, 0.1) is 32.6 Å². The molecule has 2 saturated heterocycles. The highest BCUT2D eigenvalue weighted by Gasteiger charge is 2.27. The van der Waals surface area contributed by atoms with Crippen LogP contribution in [-0.4, -0.2) is 56.2 Å². The molecule has 1 amide bonds. The topological polar surface area (TPSA) is 34.0 Å². The van der Waals surface area contributed by atoms with Crippen LogP contribution in [0.3, 0.4) is 0 Å². The first-order valence-electron chi connectivity index (χ1n) is 8.18. The number of rotatable bonds is 4. The van der Waals surface area contributed by atoms with E-state index in [1.54, 1.807) is 4.90 Å². The summed E-state index contributed by atoms with van der Waals surface area (Å²) < 4.78 is 6.76. The van der Waals surface area contributed by atoms with Gasteiger partial charge in [-0.2, -0.15) is 0 Å². The molecule has 1 aromatic rings. The van der Waals surface area contributed by atoms with E-state index in [2.05, 4.69) is 15.9 Å². The molecule has 0 aliphatic carbocycles. The molecule has 0 unspecified atom stereocenters. The molecule has 2 aliphatic rings. The van der Waals surface area contributed by atoms with E-state index in [1.807, 2.05) is 29.2 Å². The molecule has 1 N–H and O–H groups in total. The standard InChI is InChI=1S/C17H23BrN2O2/c18-15-5-3-14(4-6-15)12-17(21)20-9-7-19(8-10-20)13-16-2-1-11-22-16/h3-6,16H,1-2,7-13H2/p+1/t16-/m1/s1. The van der Waals surface area contributed by atoms with Crippen LogP contribution in [0, 0.1) is 0 Å². The van der Waals surface area contributed by atoms with Gasteiger partial charge in [0, 0.05) is 11.1 Å². The Bertz CT molecular complexity index is 492. The summed E-state index contributed by atoms with van der Waals surface area (Å²) in [7, 11) is 0. The quantitative estimate of drug-likeness (QED) is 0.857. The molecule has 2 aliphatic heterocycles. The predicted octanol–water partition coefficient (Wildman–Crippen LogP) is 0.898. The van der Waals surface area contributed by atoms with Crippen LogP contribution < -0.4 is 4.90 Å². The summed E-state index contributed by atoms with van der Waals surface area (Å²) in [4.78, 5) is 16.0. The lowest BCUT2D eigenvalue weighted by Gasteiger charge is -2.33. The molecular weight excluding hydrogens is 344 g/mol. The zero-order valence-electron chi connectivity index (χ0n) is 12.9. The lowest BCUT2D eigenvalue weighted by Crippen LogP contribution is -3.15. The van der Waals surface area contributed by atoms with Crippen LogP contribution in [0.5, 0.6) is 0 Å². The number of quaternary nitrogens is 1. The Kier molecular flexibility index (Phi) is 5.50. The third kappa shape index (κ3) is 4.31. The van der Waals surface area contributed by atoms with Gasteiger partial charge < -0.3 is 14.5 Å². The van der Waals surface area contributed by atoms with Crippen LogP contribution in [0.15, 0.2) is 28.7 Å². The smallest absolute Gasteiger partial charge is 0.227 e. The zero-order valence-corrected chi connectivity index (χ0v) is 14.5. The summed E-state index contributed by atoms with van der Waals surface area (Å²) in [6.07, 6.45) is 3.36. The first kappa shape index (κ1) is 16.0. The fourth-order valence-electron chi connectivity index (χ4n) is 3.29. The normalized spacial score (nSPS) is 23.0. The number of ether oxygens (including phenoxy) is 1. The maximum absolute atomic E-state index is 12.4. The minimum Gasteiger partial charge on any atom is -0.372 e. The van der Waals surface area contributed by atoms with E-state index >= 15 is 0 Å². The number of nitrogens with zero attached hydrogens (tertiary/aromatic N) is 1. The number of hydrogen-bond donors (Lipinski definition) is 1. The van der Waals surface area contributed by atoms with Crippen molar-refractivity contribution in [2.75, 3.05) is 39.3 Å². The van der Waals surface area contributed by atoms with Gasteiger partial charge in [-0.05, 0) is 30.5 Å². The van der Waals surface area contributed by atoms with Gasteiger partial charge in [0.1, 0.15) is 12.6 Å². The number of halogens is 1. The van der Waals surface area contributed by atoms with Crippen LogP contribution in [-0.2, 0) is 16.0 Å². The van der Waals surface area contributed by atoms with E-state index in [0.717, 1.165) is 49.4 Å². The van der Waals surface area contributed by atoms with Gasteiger partial charge >= 0.3 is 0 Å². The highest BCUT2D eigenvalue weighted by Crippen LogP contribution is 2.12. The van der Waals surface area contributed by atoms with Crippen LogP contribution in [0.2, 0.25) is 0 Å². The molecule has 5 heteroatoms. The largest absolute Gasteiger partial charge is 0.372 e. The molecule has 2 heterocycles. The Morgan fingerprint density at radius 2 is 2.00 bits per heavy atom. The molecule has 0 spiro atoms. The SMILES string of the molecule is O=C(Cc1ccc(Br)cc1)N1CC[NH+](C[C@H]2CCCO2)CC1. The van der Waals surface area contributed by atoms with Gasteiger partial charge in [-0.25, -0.2) is 0 Å². The molecule has 4 nitrogen and oxygen atoms in total. The average molecular weight is 368 g/mol. The van der Waals surface area contributed by atoms with E-state index in [4.69, 9.17) is 4.74 Å². The van der Waals surface area contributed by atoms with Crippen molar-refractivity contribution >= 4 is 21.8 Å². The van der Waals surface area contributed by atoms with Crippen molar-refractivity contribution in [2.45, 2.75) is 25.4 Å². The average Bonchev–Trinajstić information content (AvgIpc) is 3.03. The first-order valence-corrected chi connectivity index (χ1v) is 8.97. The van der Waals surface area contributed by atoms with Crippen LogP contribution in [0.25, 0.3) is 0 Å². The maximum atomic E-state index is 12.4. The van der Waals surface area contributed by atoms with Crippen LogP contribution in [0.4, 0.5) is 0 Å². The Morgan fingerprint density at radius 3 is 2.64 bits per heavy atom. The Balaban J connectivity index is 1.44. The van der Waals surface area contributed by atoms with E-state index in [9.17, 15) is 4.79 Å². The number of nitrogens with one attached hydrogen (secondary N) is 1. The highest BCUT2D eigenvalue weighted by atomic mass is 79.9. The summed E-state index contributed by atoms with van der Waals surface area (Å²) in [5.41, 5.74) is 1.09. The second kappa shape index (κ2) is 7.57. The van der Waals surface area contributed by atoms with Crippen molar-refractivity contribution < 1.29 is 14.4 Å². The summed E-state index contributed by atoms with van der Waals surface area (Å²) >= 11 is 3.42. The van der Waals surface area contributed by atoms with Gasteiger partial charge in [-0.1, -0.05) is 28.1 Å². The second-order valence-electron chi connectivity index (χ2n) is 6.27. The number of carbonyl (C=O) groups excluding carboxylic acids is 1. The van der Waals surface area contributed by atoms with E-state index in [-0.39, 0.29) is 5.91 Å². The van der Waals surface area contributed by atoms with Crippen molar-refractivity contribution in [3.8, 4) is 0 Å². The molecule has 0 aromatic heterocycles. The number of carbonyl (C=O) groups is 1. The molecule has 120 valence electrons. The van der Waals surface area contributed by atoms with Crippen molar-refractivity contribution in [1.82, 2.24) is 4.90 Å². The summed E-state index contributed by atoms with van der Waals surface area (Å²) in [6, 6.07) is 8.01. The molecule has 0 radical (unpaired) electrons. The van der Waals surface area contributed by atoms with Crippen LogP contribution >= 0.6 is 15.9 Å². The van der Waals surface area contributed by atoms with E-state index in [1.165, 1.54) is 12.8 Å². The van der Waals surface area contributed by atoms with Crippen LogP contribution in [0.1, 0.15) is 18.4 Å². The Hall–Kier alpha value is -0.910. The van der Waals surface area contributed by atoms with Crippen molar-refractivity contribution in [3.05, 3.63) is 34.3 Å². The Morgan fingerprint density at radius 1 is 1.27 bits per heavy atom. The van der Waals surface area contributed by atoms with Gasteiger partial charge in [0.25, 0.3) is 0 Å². The Labute approximate surface area is 140 Å². The molecule has 0 bridgehead atoms. The summed E-state index contributed by atoms with van der Waals surface area (Å²) in [6.45, 7) is 5.87. The molecule has 22 heavy (non-hydrogen) atoms. The van der Waals surface area contributed by atoms with Crippen molar-refractivity contribution in [2.24, 2.45) is 0 Å². The van der Waals surface area contributed by atoms with Gasteiger partial charge in [0.15, 0.2) is 0 Å². The molecule has 1 aromatic carbocycles. The van der Waals surface area contributed by atoms with Crippen molar-refractivity contribution in [1.29, 1.82) is 0 Å². The van der Waals surface area contributed by atoms with E-state index < -0.39 is 0 Å².